The molecule has 0 aromatic heterocycles. The molecule has 0 unspecified atom stereocenters. The molecule has 1 heterocycles. The van der Waals surface area contributed by atoms with Gasteiger partial charge in [0.1, 0.15) is 11.3 Å². The number of rotatable bonds is 6. The first-order chi connectivity index (χ1) is 16.4. The number of nitrogens with one attached hydrogen (secondary N) is 2. The van der Waals surface area contributed by atoms with E-state index in [2.05, 4.69) is 10.6 Å². The van der Waals surface area contributed by atoms with Crippen molar-refractivity contribution in [3.05, 3.63) is 95.6 Å². The first kappa shape index (κ1) is 22.9. The van der Waals surface area contributed by atoms with Crippen LogP contribution in [0.15, 0.2) is 84.4 Å². The molecule has 0 spiro atoms. The van der Waals surface area contributed by atoms with Crippen LogP contribution >= 0.6 is 12.2 Å². The van der Waals surface area contributed by atoms with Crippen LogP contribution < -0.4 is 20.3 Å². The second-order valence-electron chi connectivity index (χ2n) is 7.57. The van der Waals surface area contributed by atoms with Gasteiger partial charge in [0.2, 0.25) is 0 Å². The van der Waals surface area contributed by atoms with E-state index in [1.165, 1.54) is 11.0 Å². The molecule has 3 amide bonds. The Morgan fingerprint density at radius 3 is 2.35 bits per heavy atom. The lowest BCUT2D eigenvalue weighted by molar-refractivity contribution is -0.122. The van der Waals surface area contributed by atoms with Crippen molar-refractivity contribution in [3.63, 3.8) is 0 Å². The topological polar surface area (TPSA) is 87.7 Å². The second kappa shape index (κ2) is 10.1. The molecule has 1 fully saturated rings. The van der Waals surface area contributed by atoms with Crippen LogP contribution in [0.5, 0.6) is 5.75 Å². The van der Waals surface area contributed by atoms with Crippen LogP contribution in [-0.4, -0.2) is 29.4 Å². The zero-order valence-electron chi connectivity index (χ0n) is 18.3. The Kier molecular flexibility index (Phi) is 6.79. The lowest BCUT2D eigenvalue weighted by atomic mass is 10.1. The number of anilines is 2. The standard InChI is InChI=1S/C26H21N3O4S/c1-17-7-11-19(12-8-17)27-23(30)16-33-21-13-9-18(10-14-21)15-22-24(31)28-26(34)29(25(22)32)20-5-3-2-4-6-20/h2-15H,16H2,1H3,(H,27,30)(H,28,31,34)/b22-15-. The summed E-state index contributed by atoms with van der Waals surface area (Å²) < 4.78 is 5.54. The Hall–Kier alpha value is -4.30. The normalized spacial score (nSPS) is 14.7. The molecule has 8 heteroatoms. The number of aryl methyl sites for hydroxylation is 1. The average molecular weight is 472 g/mol. The summed E-state index contributed by atoms with van der Waals surface area (Å²) in [5, 5.41) is 5.35. The van der Waals surface area contributed by atoms with E-state index < -0.39 is 11.8 Å². The van der Waals surface area contributed by atoms with E-state index in [0.29, 0.717) is 22.7 Å². The second-order valence-corrected chi connectivity index (χ2v) is 7.95. The van der Waals surface area contributed by atoms with Crippen molar-refractivity contribution in [1.82, 2.24) is 5.32 Å². The smallest absolute Gasteiger partial charge is 0.270 e. The van der Waals surface area contributed by atoms with Gasteiger partial charge in [-0.25, -0.2) is 0 Å². The SMILES string of the molecule is Cc1ccc(NC(=O)COc2ccc(/C=C3/C(=O)NC(=S)N(c4ccccc4)C3=O)cc2)cc1. The monoisotopic (exact) mass is 471 g/mol. The molecule has 0 radical (unpaired) electrons. The van der Waals surface area contributed by atoms with Gasteiger partial charge in [-0.15, -0.1) is 0 Å². The molecule has 4 rings (SSSR count). The van der Waals surface area contributed by atoms with E-state index in [1.54, 1.807) is 48.5 Å². The maximum Gasteiger partial charge on any atom is 0.270 e. The van der Waals surface area contributed by atoms with E-state index >= 15 is 0 Å². The van der Waals surface area contributed by atoms with Crippen LogP contribution in [0, 0.1) is 6.92 Å². The van der Waals surface area contributed by atoms with Crippen LogP contribution in [0.25, 0.3) is 6.08 Å². The van der Waals surface area contributed by atoms with Crippen molar-refractivity contribution in [1.29, 1.82) is 0 Å². The Balaban J connectivity index is 1.41. The van der Waals surface area contributed by atoms with Crippen LogP contribution in [0.4, 0.5) is 11.4 Å². The molecule has 1 aliphatic rings. The summed E-state index contributed by atoms with van der Waals surface area (Å²) in [6.07, 6.45) is 1.49. The Bertz CT molecular complexity index is 1270. The van der Waals surface area contributed by atoms with E-state index in [4.69, 9.17) is 17.0 Å². The maximum atomic E-state index is 13.0. The minimum atomic E-state index is -0.560. The Morgan fingerprint density at radius 1 is 1.00 bits per heavy atom. The summed E-state index contributed by atoms with van der Waals surface area (Å²) in [5.74, 6) is -0.868. The summed E-state index contributed by atoms with van der Waals surface area (Å²) in [4.78, 5) is 38.8. The number of benzene rings is 3. The highest BCUT2D eigenvalue weighted by molar-refractivity contribution is 7.80. The molecular weight excluding hydrogens is 450 g/mol. The number of hydrogen-bond donors (Lipinski definition) is 2. The number of thiocarbonyl (C=S) groups is 1. The molecule has 0 aliphatic carbocycles. The van der Waals surface area contributed by atoms with Gasteiger partial charge >= 0.3 is 0 Å². The van der Waals surface area contributed by atoms with Crippen LogP contribution in [0.2, 0.25) is 0 Å². The van der Waals surface area contributed by atoms with E-state index in [1.807, 2.05) is 37.3 Å². The zero-order valence-corrected chi connectivity index (χ0v) is 19.1. The van der Waals surface area contributed by atoms with Crippen LogP contribution in [0.3, 0.4) is 0 Å². The zero-order chi connectivity index (χ0) is 24.1. The van der Waals surface area contributed by atoms with Gasteiger partial charge in [0.15, 0.2) is 11.7 Å². The predicted molar refractivity (Wildman–Crippen MR) is 134 cm³/mol. The Morgan fingerprint density at radius 2 is 1.68 bits per heavy atom. The molecule has 1 aliphatic heterocycles. The molecule has 34 heavy (non-hydrogen) atoms. The highest BCUT2D eigenvalue weighted by Crippen LogP contribution is 2.22. The summed E-state index contributed by atoms with van der Waals surface area (Å²) in [6.45, 7) is 1.82. The van der Waals surface area contributed by atoms with Crippen molar-refractivity contribution in [2.24, 2.45) is 0 Å². The van der Waals surface area contributed by atoms with Crippen molar-refractivity contribution in [2.45, 2.75) is 6.92 Å². The first-order valence-corrected chi connectivity index (χ1v) is 10.9. The first-order valence-electron chi connectivity index (χ1n) is 10.5. The molecule has 0 saturated carbocycles. The number of amides is 3. The number of ether oxygens (including phenoxy) is 1. The van der Waals surface area contributed by atoms with Crippen molar-refractivity contribution in [2.75, 3.05) is 16.8 Å². The molecule has 7 nitrogen and oxygen atoms in total. The van der Waals surface area contributed by atoms with E-state index in [-0.39, 0.29) is 23.2 Å². The summed E-state index contributed by atoms with van der Waals surface area (Å²) in [7, 11) is 0. The van der Waals surface area contributed by atoms with Gasteiger partial charge < -0.3 is 10.1 Å². The number of carbonyl (C=O) groups excluding carboxylic acids is 3. The fourth-order valence-corrected chi connectivity index (χ4v) is 3.56. The number of para-hydroxylation sites is 1. The molecule has 0 atom stereocenters. The number of nitrogens with zero attached hydrogens (tertiary/aromatic N) is 1. The quantitative estimate of drug-likeness (QED) is 0.324. The highest BCUT2D eigenvalue weighted by Gasteiger charge is 2.34. The van der Waals surface area contributed by atoms with Gasteiger partial charge in [-0.2, -0.15) is 0 Å². The maximum absolute atomic E-state index is 13.0. The van der Waals surface area contributed by atoms with Gasteiger partial charge in [-0.05, 0) is 67.2 Å². The molecule has 2 N–H and O–H groups in total. The van der Waals surface area contributed by atoms with Gasteiger partial charge in [-0.1, -0.05) is 48.0 Å². The molecule has 3 aromatic rings. The van der Waals surface area contributed by atoms with Crippen molar-refractivity contribution < 1.29 is 19.1 Å². The van der Waals surface area contributed by atoms with Gasteiger partial charge in [0, 0.05) is 5.69 Å². The third kappa shape index (κ3) is 5.36. The molecule has 1 saturated heterocycles. The summed E-state index contributed by atoms with van der Waals surface area (Å²) in [6, 6.07) is 23.0. The predicted octanol–water partition coefficient (Wildman–Crippen LogP) is 3.84. The fourth-order valence-electron chi connectivity index (χ4n) is 3.28. The minimum Gasteiger partial charge on any atom is -0.484 e. The fraction of sp³-hybridized carbons (Fsp3) is 0.0769. The lowest BCUT2D eigenvalue weighted by Gasteiger charge is -2.28. The highest BCUT2D eigenvalue weighted by atomic mass is 32.1. The van der Waals surface area contributed by atoms with Gasteiger partial charge in [-0.3, -0.25) is 24.6 Å². The van der Waals surface area contributed by atoms with Gasteiger partial charge in [0.25, 0.3) is 17.7 Å². The summed E-state index contributed by atoms with van der Waals surface area (Å²) >= 11 is 5.19. The minimum absolute atomic E-state index is 0.0333. The number of hydrogen-bond acceptors (Lipinski definition) is 5. The molecule has 3 aromatic carbocycles. The third-order valence-corrected chi connectivity index (χ3v) is 5.30. The molecular formula is C26H21N3O4S. The third-order valence-electron chi connectivity index (χ3n) is 5.01. The molecule has 0 bridgehead atoms. The average Bonchev–Trinajstić information content (AvgIpc) is 2.83. The van der Waals surface area contributed by atoms with Crippen molar-refractivity contribution in [3.8, 4) is 5.75 Å². The van der Waals surface area contributed by atoms with E-state index in [9.17, 15) is 14.4 Å². The van der Waals surface area contributed by atoms with Gasteiger partial charge in [0.05, 0.1) is 5.69 Å². The largest absolute Gasteiger partial charge is 0.484 e. The lowest BCUT2D eigenvalue weighted by Crippen LogP contribution is -2.54. The van der Waals surface area contributed by atoms with Crippen LogP contribution in [0.1, 0.15) is 11.1 Å². The van der Waals surface area contributed by atoms with Crippen LogP contribution in [-0.2, 0) is 14.4 Å². The summed E-state index contributed by atoms with van der Waals surface area (Å²) in [5.41, 5.74) is 2.95. The van der Waals surface area contributed by atoms with E-state index in [0.717, 1.165) is 5.56 Å². The van der Waals surface area contributed by atoms with Crippen molar-refractivity contribution >= 4 is 52.5 Å². The Labute approximate surface area is 202 Å². The molecule has 170 valence electrons. The number of carbonyl (C=O) groups is 3.